The van der Waals surface area contributed by atoms with E-state index in [1.54, 1.807) is 0 Å². The number of aliphatic carboxylic acids is 1. The van der Waals surface area contributed by atoms with Crippen LogP contribution < -0.4 is 5.32 Å². The third-order valence-corrected chi connectivity index (χ3v) is 1.95. The summed E-state index contributed by atoms with van der Waals surface area (Å²) in [4.78, 5) is 21.6. The lowest BCUT2D eigenvalue weighted by molar-refractivity contribution is -0.156. The number of nitrogens with one attached hydrogen (secondary N) is 1. The summed E-state index contributed by atoms with van der Waals surface area (Å²) in [5.41, 5.74) is -0.214. The molecule has 4 N–H and O–H groups in total. The predicted molar refractivity (Wildman–Crippen MR) is 54.7 cm³/mol. The Morgan fingerprint density at radius 1 is 1.18 bits per heavy atom. The van der Waals surface area contributed by atoms with Crippen LogP contribution in [0.4, 0.5) is 10.1 Å². The molecule has 1 aromatic rings. The molecular weight excluding hydrogens is 233 g/mol. The van der Waals surface area contributed by atoms with E-state index >= 15 is 0 Å². The normalized spacial score (nSPS) is 13.8. The van der Waals surface area contributed by atoms with Gasteiger partial charge in [0.2, 0.25) is 0 Å². The van der Waals surface area contributed by atoms with Crippen molar-refractivity contribution in [3.63, 3.8) is 0 Å². The van der Waals surface area contributed by atoms with Crippen LogP contribution in [0.5, 0.6) is 0 Å². The molecule has 0 unspecified atom stereocenters. The quantitative estimate of drug-likeness (QED) is 0.574. The monoisotopic (exact) mass is 243 g/mol. The van der Waals surface area contributed by atoms with Crippen LogP contribution in [0.1, 0.15) is 0 Å². The Bertz CT molecular complexity index is 436. The molecular formula is C10H10FNO5. The molecule has 0 fully saturated rings. The van der Waals surface area contributed by atoms with Gasteiger partial charge in [0.15, 0.2) is 12.2 Å². The highest BCUT2D eigenvalue weighted by Crippen LogP contribution is 2.13. The first-order chi connectivity index (χ1) is 7.93. The number of aliphatic hydroxyl groups excluding tert-OH is 2. The smallest absolute Gasteiger partial charge is 0.335 e. The minimum atomic E-state index is -2.26. The van der Waals surface area contributed by atoms with E-state index in [9.17, 15) is 14.0 Å². The fourth-order valence-electron chi connectivity index (χ4n) is 1.05. The van der Waals surface area contributed by atoms with Crippen LogP contribution in [0.15, 0.2) is 24.3 Å². The van der Waals surface area contributed by atoms with Gasteiger partial charge < -0.3 is 20.6 Å². The first-order valence-corrected chi connectivity index (χ1v) is 4.58. The molecule has 2 atom stereocenters. The first-order valence-electron chi connectivity index (χ1n) is 4.58. The molecule has 0 aliphatic rings. The minimum Gasteiger partial charge on any atom is -0.479 e. The Labute approximate surface area is 95.3 Å². The van der Waals surface area contributed by atoms with Crippen LogP contribution in [-0.4, -0.2) is 39.4 Å². The molecule has 1 rings (SSSR count). The molecule has 1 aromatic carbocycles. The Hall–Kier alpha value is -1.99. The number of carbonyl (C=O) groups excluding carboxylic acids is 1. The van der Waals surface area contributed by atoms with E-state index in [0.29, 0.717) is 0 Å². The highest BCUT2D eigenvalue weighted by atomic mass is 19.1. The molecule has 0 aliphatic heterocycles. The van der Waals surface area contributed by atoms with Crippen molar-refractivity contribution in [3.05, 3.63) is 30.1 Å². The molecule has 0 heterocycles. The van der Waals surface area contributed by atoms with Crippen LogP contribution in [0, 0.1) is 5.82 Å². The van der Waals surface area contributed by atoms with E-state index in [2.05, 4.69) is 0 Å². The van der Waals surface area contributed by atoms with Gasteiger partial charge in [0.05, 0.1) is 5.69 Å². The first kappa shape index (κ1) is 13.1. The summed E-state index contributed by atoms with van der Waals surface area (Å²) in [6, 6.07) is 5.15. The molecule has 0 aliphatic carbocycles. The number of carboxylic acids is 1. The van der Waals surface area contributed by atoms with Crippen LogP contribution in [0.2, 0.25) is 0 Å². The third kappa shape index (κ3) is 3.23. The minimum absolute atomic E-state index is 0.214. The maximum Gasteiger partial charge on any atom is 0.335 e. The van der Waals surface area contributed by atoms with Gasteiger partial charge in [-0.1, -0.05) is 12.1 Å². The van der Waals surface area contributed by atoms with E-state index < -0.39 is 29.9 Å². The van der Waals surface area contributed by atoms with Crippen molar-refractivity contribution in [2.24, 2.45) is 0 Å². The second-order valence-electron chi connectivity index (χ2n) is 3.20. The number of amides is 1. The molecule has 1 amide bonds. The Balaban J connectivity index is 2.73. The molecule has 0 saturated carbocycles. The molecule has 0 radical (unpaired) electrons. The average molecular weight is 243 g/mol. The summed E-state index contributed by atoms with van der Waals surface area (Å²) in [6.07, 6.45) is -4.44. The Morgan fingerprint density at radius 2 is 1.76 bits per heavy atom. The van der Waals surface area contributed by atoms with E-state index in [1.165, 1.54) is 18.2 Å². The topological polar surface area (TPSA) is 107 Å². The van der Waals surface area contributed by atoms with E-state index in [-0.39, 0.29) is 5.69 Å². The molecule has 7 heteroatoms. The van der Waals surface area contributed by atoms with E-state index in [1.807, 2.05) is 5.32 Å². The van der Waals surface area contributed by atoms with Gasteiger partial charge in [-0.3, -0.25) is 4.79 Å². The number of carbonyl (C=O) groups is 2. The molecule has 0 aromatic heterocycles. The Kier molecular flexibility index (Phi) is 4.13. The SMILES string of the molecule is O=C(O)[C@H](O)[C@@H](O)C(=O)Nc1ccccc1F. The zero-order chi connectivity index (χ0) is 13.0. The Morgan fingerprint density at radius 3 is 2.29 bits per heavy atom. The summed E-state index contributed by atoms with van der Waals surface area (Å²) in [5.74, 6) is -3.69. The molecule has 0 spiro atoms. The van der Waals surface area contributed by atoms with E-state index in [4.69, 9.17) is 15.3 Å². The second-order valence-corrected chi connectivity index (χ2v) is 3.20. The standard InChI is InChI=1S/C10H10FNO5/c11-5-3-1-2-4-6(5)12-9(15)7(13)8(14)10(16)17/h1-4,7-8,13-14H,(H,12,15)(H,16,17)/t7-,8-/m1/s1. The lowest BCUT2D eigenvalue weighted by atomic mass is 10.2. The zero-order valence-corrected chi connectivity index (χ0v) is 8.50. The number of hydrogen-bond donors (Lipinski definition) is 4. The maximum atomic E-state index is 13.1. The van der Waals surface area contributed by atoms with Crippen LogP contribution >= 0.6 is 0 Å². The largest absolute Gasteiger partial charge is 0.479 e. The number of benzene rings is 1. The lowest BCUT2D eigenvalue weighted by Gasteiger charge is -2.14. The second kappa shape index (κ2) is 5.37. The van der Waals surface area contributed by atoms with Crippen molar-refractivity contribution in [1.29, 1.82) is 0 Å². The zero-order valence-electron chi connectivity index (χ0n) is 8.50. The summed E-state index contributed by atoms with van der Waals surface area (Å²) < 4.78 is 13.1. The van der Waals surface area contributed by atoms with Gasteiger partial charge >= 0.3 is 5.97 Å². The van der Waals surface area contributed by atoms with Gasteiger partial charge in [0.1, 0.15) is 5.82 Å². The predicted octanol–water partition coefficient (Wildman–Crippen LogP) is -0.429. The van der Waals surface area contributed by atoms with Crippen LogP contribution in [0.25, 0.3) is 0 Å². The van der Waals surface area contributed by atoms with E-state index in [0.717, 1.165) is 6.07 Å². The average Bonchev–Trinajstić information content (AvgIpc) is 2.30. The van der Waals surface area contributed by atoms with Gasteiger partial charge in [-0.2, -0.15) is 0 Å². The van der Waals surface area contributed by atoms with Crippen molar-refractivity contribution in [2.45, 2.75) is 12.2 Å². The van der Waals surface area contributed by atoms with Crippen molar-refractivity contribution in [1.82, 2.24) is 0 Å². The lowest BCUT2D eigenvalue weighted by Crippen LogP contribution is -2.42. The fraction of sp³-hybridized carbons (Fsp3) is 0.200. The number of para-hydroxylation sites is 1. The summed E-state index contributed by atoms with van der Waals surface area (Å²) in [6.45, 7) is 0. The number of halogens is 1. The van der Waals surface area contributed by atoms with Crippen molar-refractivity contribution in [2.75, 3.05) is 5.32 Å². The molecule has 92 valence electrons. The highest BCUT2D eigenvalue weighted by molar-refractivity contribution is 5.97. The fourth-order valence-corrected chi connectivity index (χ4v) is 1.05. The van der Waals surface area contributed by atoms with Gasteiger partial charge in [-0.05, 0) is 12.1 Å². The number of anilines is 1. The van der Waals surface area contributed by atoms with Crippen molar-refractivity contribution in [3.8, 4) is 0 Å². The molecule has 0 bridgehead atoms. The van der Waals surface area contributed by atoms with Crippen LogP contribution in [0.3, 0.4) is 0 Å². The highest BCUT2D eigenvalue weighted by Gasteiger charge is 2.30. The van der Waals surface area contributed by atoms with Crippen LogP contribution in [-0.2, 0) is 9.59 Å². The number of hydrogen-bond acceptors (Lipinski definition) is 4. The van der Waals surface area contributed by atoms with Gasteiger partial charge in [-0.15, -0.1) is 0 Å². The number of carboxylic acid groups (broad SMARTS) is 1. The summed E-state index contributed by atoms with van der Waals surface area (Å²) in [5, 5.41) is 28.4. The summed E-state index contributed by atoms with van der Waals surface area (Å²) >= 11 is 0. The van der Waals surface area contributed by atoms with Gasteiger partial charge in [0, 0.05) is 0 Å². The van der Waals surface area contributed by atoms with Crippen molar-refractivity contribution >= 4 is 17.6 Å². The van der Waals surface area contributed by atoms with Crippen molar-refractivity contribution < 1.29 is 29.3 Å². The van der Waals surface area contributed by atoms with Gasteiger partial charge in [0.25, 0.3) is 5.91 Å². The molecule has 0 saturated heterocycles. The number of aliphatic hydroxyl groups is 2. The molecule has 6 nitrogen and oxygen atoms in total. The summed E-state index contributed by atoms with van der Waals surface area (Å²) in [7, 11) is 0. The molecule has 17 heavy (non-hydrogen) atoms. The van der Waals surface area contributed by atoms with Gasteiger partial charge in [-0.25, -0.2) is 9.18 Å². The third-order valence-electron chi connectivity index (χ3n) is 1.95. The maximum absolute atomic E-state index is 13.1. The number of rotatable bonds is 4.